The normalized spacial score (nSPS) is 15.3. The molecule has 0 spiro atoms. The van der Waals surface area contributed by atoms with Gasteiger partial charge in [-0.05, 0) is 62.1 Å². The first-order valence-corrected chi connectivity index (χ1v) is 11.9. The Balaban J connectivity index is 1.56. The Kier molecular flexibility index (Phi) is 8.63. The molecule has 1 N–H and O–H groups in total. The van der Waals surface area contributed by atoms with Crippen molar-refractivity contribution in [2.75, 3.05) is 23.4 Å². The van der Waals surface area contributed by atoms with E-state index in [0.29, 0.717) is 11.3 Å². The van der Waals surface area contributed by atoms with E-state index in [9.17, 15) is 19.2 Å². The van der Waals surface area contributed by atoms with E-state index in [1.54, 1.807) is 38.1 Å². The largest absolute Gasteiger partial charge is 0.459 e. The second-order valence-corrected chi connectivity index (χ2v) is 8.72. The van der Waals surface area contributed by atoms with Crippen LogP contribution in [0.4, 0.5) is 11.4 Å². The van der Waals surface area contributed by atoms with Crippen molar-refractivity contribution < 1.29 is 28.7 Å². The van der Waals surface area contributed by atoms with Gasteiger partial charge in [-0.1, -0.05) is 32.0 Å². The number of nitrogens with one attached hydrogen (secondary N) is 1. The Labute approximate surface area is 205 Å². The van der Waals surface area contributed by atoms with E-state index < -0.39 is 30.4 Å². The summed E-state index contributed by atoms with van der Waals surface area (Å²) in [5.74, 6) is -2.34. The molecule has 1 aliphatic rings. The second-order valence-electron chi connectivity index (χ2n) is 8.72. The predicted octanol–water partition coefficient (Wildman–Crippen LogP) is 3.91. The van der Waals surface area contributed by atoms with Gasteiger partial charge in [0.05, 0.1) is 17.6 Å². The maximum absolute atomic E-state index is 12.6. The molecule has 1 aliphatic heterocycles. The third kappa shape index (κ3) is 6.47. The minimum atomic E-state index is -0.671. The van der Waals surface area contributed by atoms with E-state index in [2.05, 4.69) is 5.32 Å². The van der Waals surface area contributed by atoms with Crippen LogP contribution in [0.25, 0.3) is 0 Å². The van der Waals surface area contributed by atoms with E-state index in [1.807, 2.05) is 32.0 Å². The van der Waals surface area contributed by atoms with Gasteiger partial charge in [0.25, 0.3) is 5.91 Å². The summed E-state index contributed by atoms with van der Waals surface area (Å²) in [4.78, 5) is 51.1. The summed E-state index contributed by atoms with van der Waals surface area (Å²) >= 11 is 0. The number of benzene rings is 2. The van der Waals surface area contributed by atoms with Gasteiger partial charge in [-0.15, -0.1) is 0 Å². The molecule has 1 fully saturated rings. The summed E-state index contributed by atoms with van der Waals surface area (Å²) < 4.78 is 10.4. The third-order valence-electron chi connectivity index (χ3n) is 5.82. The van der Waals surface area contributed by atoms with Crippen LogP contribution in [0.2, 0.25) is 0 Å². The molecule has 0 saturated carbocycles. The fourth-order valence-corrected chi connectivity index (χ4v) is 4.01. The monoisotopic (exact) mass is 480 g/mol. The number of hydrogen-bond donors (Lipinski definition) is 1. The fourth-order valence-electron chi connectivity index (χ4n) is 4.01. The maximum Gasteiger partial charge on any atom is 0.338 e. The number of hydrogen-bond acceptors (Lipinski definition) is 6. The van der Waals surface area contributed by atoms with Crippen LogP contribution in [0.5, 0.6) is 0 Å². The van der Waals surface area contributed by atoms with E-state index in [-0.39, 0.29) is 25.0 Å². The zero-order valence-electron chi connectivity index (χ0n) is 20.6. The van der Waals surface area contributed by atoms with Gasteiger partial charge in [0, 0.05) is 24.3 Å². The molecule has 8 nitrogen and oxygen atoms in total. The highest BCUT2D eigenvalue weighted by Crippen LogP contribution is 2.27. The van der Waals surface area contributed by atoms with Gasteiger partial charge < -0.3 is 19.7 Å². The summed E-state index contributed by atoms with van der Waals surface area (Å²) in [6, 6.07) is 12.3. The van der Waals surface area contributed by atoms with Crippen molar-refractivity contribution in [3.05, 3.63) is 59.2 Å². The minimum Gasteiger partial charge on any atom is -0.459 e. The van der Waals surface area contributed by atoms with Crippen molar-refractivity contribution >= 4 is 35.1 Å². The maximum atomic E-state index is 12.6. The average Bonchev–Trinajstić information content (AvgIpc) is 3.24. The Hall–Kier alpha value is -3.68. The van der Waals surface area contributed by atoms with Crippen LogP contribution in [0.1, 0.15) is 55.6 Å². The number of amides is 2. The smallest absolute Gasteiger partial charge is 0.338 e. The Morgan fingerprint density at radius 1 is 1.03 bits per heavy atom. The summed E-state index contributed by atoms with van der Waals surface area (Å²) in [6.07, 6.45) is 1.30. The molecule has 2 amide bonds. The SMILES string of the molecule is CCc1cccc(CC)c1NC(=O)COC(=O)[C@H]1CC(=O)N(c2ccc(C(=O)OC(C)C)cc2)C1. The number of ether oxygens (including phenoxy) is 2. The number of anilines is 2. The molecule has 3 rings (SSSR count). The Bertz CT molecular complexity index is 1070. The molecule has 1 atom stereocenters. The highest BCUT2D eigenvalue weighted by atomic mass is 16.5. The van der Waals surface area contributed by atoms with Gasteiger partial charge in [-0.2, -0.15) is 0 Å². The predicted molar refractivity (Wildman–Crippen MR) is 132 cm³/mol. The molecule has 1 saturated heterocycles. The van der Waals surface area contributed by atoms with Crippen LogP contribution in [-0.2, 0) is 36.7 Å². The van der Waals surface area contributed by atoms with Gasteiger partial charge in [-0.3, -0.25) is 14.4 Å². The van der Waals surface area contributed by atoms with Gasteiger partial charge in [0.15, 0.2) is 6.61 Å². The lowest BCUT2D eigenvalue weighted by Crippen LogP contribution is -2.28. The second kappa shape index (κ2) is 11.6. The van der Waals surface area contributed by atoms with Crippen molar-refractivity contribution in [3.63, 3.8) is 0 Å². The highest BCUT2D eigenvalue weighted by Gasteiger charge is 2.36. The standard InChI is InChI=1S/C27H32N2O6/c1-5-18-8-7-9-19(6-2)25(18)28-23(30)16-34-26(32)21-14-24(31)29(15-21)22-12-10-20(11-13-22)27(33)35-17(3)4/h7-13,17,21H,5-6,14-16H2,1-4H3,(H,28,30)/t21-/m0/s1. The molecule has 0 aromatic heterocycles. The number of nitrogens with zero attached hydrogens (tertiary/aromatic N) is 1. The van der Waals surface area contributed by atoms with Crippen LogP contribution >= 0.6 is 0 Å². The first-order chi connectivity index (χ1) is 16.7. The third-order valence-corrected chi connectivity index (χ3v) is 5.82. The average molecular weight is 481 g/mol. The molecular formula is C27H32N2O6. The van der Waals surface area contributed by atoms with Crippen LogP contribution in [0.3, 0.4) is 0 Å². The van der Waals surface area contributed by atoms with Gasteiger partial charge in [0.1, 0.15) is 0 Å². The zero-order valence-corrected chi connectivity index (χ0v) is 20.6. The quantitative estimate of drug-likeness (QED) is 0.546. The summed E-state index contributed by atoms with van der Waals surface area (Å²) in [7, 11) is 0. The fraction of sp³-hybridized carbons (Fsp3) is 0.407. The number of carbonyl (C=O) groups is 4. The van der Waals surface area contributed by atoms with Gasteiger partial charge in [0.2, 0.25) is 5.91 Å². The molecule has 2 aromatic carbocycles. The minimum absolute atomic E-state index is 0.00372. The van der Waals surface area contributed by atoms with Gasteiger partial charge in [-0.25, -0.2) is 4.79 Å². The molecule has 1 heterocycles. The Morgan fingerprint density at radius 3 is 2.23 bits per heavy atom. The topological polar surface area (TPSA) is 102 Å². The molecule has 8 heteroatoms. The lowest BCUT2D eigenvalue weighted by Gasteiger charge is -2.17. The highest BCUT2D eigenvalue weighted by molar-refractivity contribution is 6.00. The summed E-state index contributed by atoms with van der Waals surface area (Å²) in [5, 5.41) is 2.87. The van der Waals surface area contributed by atoms with Crippen LogP contribution < -0.4 is 10.2 Å². The van der Waals surface area contributed by atoms with E-state index >= 15 is 0 Å². The van der Waals surface area contributed by atoms with E-state index in [4.69, 9.17) is 9.47 Å². The summed E-state index contributed by atoms with van der Waals surface area (Å²) in [5.41, 5.74) is 3.76. The molecule has 0 radical (unpaired) electrons. The van der Waals surface area contributed by atoms with Crippen LogP contribution in [0, 0.1) is 5.92 Å². The number of carbonyl (C=O) groups excluding carboxylic acids is 4. The number of aryl methyl sites for hydroxylation is 2. The first-order valence-electron chi connectivity index (χ1n) is 11.9. The van der Waals surface area contributed by atoms with E-state index in [0.717, 1.165) is 29.7 Å². The number of rotatable bonds is 9. The molecule has 186 valence electrons. The molecule has 35 heavy (non-hydrogen) atoms. The van der Waals surface area contributed by atoms with Crippen molar-refractivity contribution in [3.8, 4) is 0 Å². The molecule has 0 unspecified atom stereocenters. The number of esters is 2. The number of para-hydroxylation sites is 1. The molecule has 2 aromatic rings. The van der Waals surface area contributed by atoms with Crippen LogP contribution in [-0.4, -0.2) is 43.0 Å². The van der Waals surface area contributed by atoms with Crippen molar-refractivity contribution in [1.29, 1.82) is 0 Å². The molecule has 0 bridgehead atoms. The molecular weight excluding hydrogens is 448 g/mol. The van der Waals surface area contributed by atoms with Crippen molar-refractivity contribution in [2.45, 2.75) is 53.1 Å². The zero-order chi connectivity index (χ0) is 25.5. The van der Waals surface area contributed by atoms with Crippen LogP contribution in [0.15, 0.2) is 42.5 Å². The van der Waals surface area contributed by atoms with Crippen molar-refractivity contribution in [2.24, 2.45) is 5.92 Å². The van der Waals surface area contributed by atoms with Crippen molar-refractivity contribution in [1.82, 2.24) is 0 Å². The summed E-state index contributed by atoms with van der Waals surface area (Å²) in [6.45, 7) is 7.29. The lowest BCUT2D eigenvalue weighted by atomic mass is 10.0. The lowest BCUT2D eigenvalue weighted by molar-refractivity contribution is -0.151. The molecule has 0 aliphatic carbocycles. The van der Waals surface area contributed by atoms with E-state index in [1.165, 1.54) is 4.90 Å². The first kappa shape index (κ1) is 25.9. The van der Waals surface area contributed by atoms with Gasteiger partial charge >= 0.3 is 11.9 Å². The Morgan fingerprint density at radius 2 is 1.66 bits per heavy atom.